The lowest BCUT2D eigenvalue weighted by atomic mass is 9.98. The number of piperidine rings is 1. The number of nitriles is 1. The molecule has 2 aromatic heterocycles. The van der Waals surface area contributed by atoms with Gasteiger partial charge in [-0.15, -0.1) is 0 Å². The number of nitrogens with one attached hydrogen (secondary N) is 2. The van der Waals surface area contributed by atoms with E-state index in [0.29, 0.717) is 42.1 Å². The van der Waals surface area contributed by atoms with Crippen LogP contribution in [-0.2, 0) is 21.4 Å². The van der Waals surface area contributed by atoms with E-state index < -0.39 is 16.1 Å². The Hall–Kier alpha value is -3.09. The summed E-state index contributed by atoms with van der Waals surface area (Å²) in [6.07, 6.45) is 5.27. The minimum atomic E-state index is -3.95. The van der Waals surface area contributed by atoms with Crippen molar-refractivity contribution in [2.24, 2.45) is 5.92 Å². The molecule has 8 nitrogen and oxygen atoms in total. The molecule has 1 fully saturated rings. The van der Waals surface area contributed by atoms with Crippen LogP contribution in [0.5, 0.6) is 0 Å². The second-order valence-corrected chi connectivity index (χ2v) is 10.0. The molecule has 1 aromatic carbocycles. The van der Waals surface area contributed by atoms with Crippen molar-refractivity contribution in [3.63, 3.8) is 0 Å². The van der Waals surface area contributed by atoms with Gasteiger partial charge in [-0.2, -0.15) is 9.98 Å². The third-order valence-electron chi connectivity index (χ3n) is 6.13. The normalized spacial score (nSPS) is 16.2. The van der Waals surface area contributed by atoms with E-state index in [4.69, 9.17) is 0 Å². The summed E-state index contributed by atoms with van der Waals surface area (Å²) in [5, 5.41) is 9.84. The van der Waals surface area contributed by atoms with E-state index in [2.05, 4.69) is 22.7 Å². The van der Waals surface area contributed by atoms with E-state index >= 15 is 0 Å². The zero-order valence-electron chi connectivity index (χ0n) is 18.0. The van der Waals surface area contributed by atoms with Gasteiger partial charge in [-0.05, 0) is 43.4 Å². The molecule has 9 heteroatoms. The van der Waals surface area contributed by atoms with Gasteiger partial charge in [0.25, 0.3) is 0 Å². The van der Waals surface area contributed by atoms with Gasteiger partial charge in [0.15, 0.2) is 0 Å². The molecular weight excluding hydrogens is 426 g/mol. The number of carbonyl (C=O) groups is 1. The van der Waals surface area contributed by atoms with Crippen molar-refractivity contribution in [2.45, 2.75) is 43.7 Å². The number of aromatic amines is 1. The summed E-state index contributed by atoms with van der Waals surface area (Å²) in [5.74, 6) is 0.337. The highest BCUT2D eigenvalue weighted by Gasteiger charge is 2.32. The lowest BCUT2D eigenvalue weighted by Gasteiger charge is -2.33. The first-order valence-electron chi connectivity index (χ1n) is 10.8. The van der Waals surface area contributed by atoms with Crippen LogP contribution in [0.1, 0.15) is 31.9 Å². The van der Waals surface area contributed by atoms with Gasteiger partial charge < -0.3 is 14.5 Å². The average molecular weight is 454 g/mol. The second-order valence-electron chi connectivity index (χ2n) is 8.37. The van der Waals surface area contributed by atoms with Gasteiger partial charge in [-0.25, -0.2) is 8.42 Å². The smallest absolute Gasteiger partial charge is 0.243 e. The molecule has 1 amide bonds. The van der Waals surface area contributed by atoms with Crippen LogP contribution in [0.4, 0.5) is 0 Å². The molecule has 0 bridgehead atoms. The molecule has 3 aromatic rings. The maximum absolute atomic E-state index is 13.3. The Balaban J connectivity index is 1.59. The minimum Gasteiger partial charge on any atom is -0.360 e. The van der Waals surface area contributed by atoms with Crippen LogP contribution >= 0.6 is 0 Å². The zero-order valence-corrected chi connectivity index (χ0v) is 18.8. The summed E-state index contributed by atoms with van der Waals surface area (Å²) < 4.78 is 31.0. The molecule has 0 aliphatic carbocycles. The molecule has 1 unspecified atom stereocenters. The molecule has 1 aliphatic rings. The number of H-pyrrole nitrogens is 1. The molecule has 4 rings (SSSR count). The summed E-state index contributed by atoms with van der Waals surface area (Å²) in [7, 11) is -3.95. The van der Waals surface area contributed by atoms with Gasteiger partial charge in [0.2, 0.25) is 15.9 Å². The Labute approximate surface area is 187 Å². The highest BCUT2D eigenvalue weighted by atomic mass is 32.2. The molecule has 0 radical (unpaired) electrons. The fraction of sp³-hybridized carbons (Fsp3) is 0.391. The molecule has 1 aliphatic heterocycles. The Morgan fingerprint density at radius 3 is 2.75 bits per heavy atom. The molecule has 0 spiro atoms. The van der Waals surface area contributed by atoms with Crippen LogP contribution in [-0.4, -0.2) is 47.9 Å². The molecular formula is C23H27N5O3S. The highest BCUT2D eigenvalue weighted by Crippen LogP contribution is 2.23. The van der Waals surface area contributed by atoms with Crippen LogP contribution < -0.4 is 4.72 Å². The quantitative estimate of drug-likeness (QED) is 0.573. The number of hydrogen-bond acceptors (Lipinski definition) is 4. The maximum Gasteiger partial charge on any atom is 0.243 e. The third-order valence-corrected chi connectivity index (χ3v) is 7.65. The van der Waals surface area contributed by atoms with Crippen molar-refractivity contribution < 1.29 is 13.2 Å². The van der Waals surface area contributed by atoms with Crippen molar-refractivity contribution in [1.82, 2.24) is 19.2 Å². The van der Waals surface area contributed by atoms with E-state index in [-0.39, 0.29) is 17.2 Å². The summed E-state index contributed by atoms with van der Waals surface area (Å²) in [6.45, 7) is 3.76. The summed E-state index contributed by atoms with van der Waals surface area (Å²) in [4.78, 5) is 18.2. The maximum atomic E-state index is 13.3. The summed E-state index contributed by atoms with van der Waals surface area (Å²) in [6, 6.07) is 11.8. The number of benzene rings is 1. The number of nitrogens with zero attached hydrogens (tertiary/aromatic N) is 3. The Bertz CT molecular complexity index is 1250. The first-order chi connectivity index (χ1) is 15.4. The molecule has 32 heavy (non-hydrogen) atoms. The van der Waals surface area contributed by atoms with Crippen molar-refractivity contribution in [1.29, 1.82) is 5.26 Å². The fourth-order valence-electron chi connectivity index (χ4n) is 4.18. The average Bonchev–Trinajstić information content (AvgIpc) is 3.43. The number of aryl methyl sites for hydroxylation is 1. The van der Waals surface area contributed by atoms with Gasteiger partial charge >= 0.3 is 0 Å². The van der Waals surface area contributed by atoms with Crippen LogP contribution in [0.25, 0.3) is 10.9 Å². The number of hydrogen-bond donors (Lipinski definition) is 2. The fourth-order valence-corrected chi connectivity index (χ4v) is 5.58. The monoisotopic (exact) mass is 453 g/mol. The third kappa shape index (κ3) is 4.56. The predicted molar refractivity (Wildman–Crippen MR) is 121 cm³/mol. The van der Waals surface area contributed by atoms with Crippen molar-refractivity contribution >= 4 is 26.8 Å². The number of carbonyl (C=O) groups excluding carboxylic acids is 1. The molecule has 168 valence electrons. The van der Waals surface area contributed by atoms with E-state index in [1.165, 1.54) is 6.20 Å². The number of aromatic nitrogens is 2. The minimum absolute atomic E-state index is 0.122. The van der Waals surface area contributed by atoms with Gasteiger partial charge in [0, 0.05) is 42.9 Å². The number of rotatable bonds is 7. The summed E-state index contributed by atoms with van der Waals surface area (Å²) >= 11 is 0. The Morgan fingerprint density at radius 2 is 2.00 bits per heavy atom. The van der Waals surface area contributed by atoms with Gasteiger partial charge in [-0.1, -0.05) is 25.1 Å². The molecule has 1 atom stereocenters. The van der Waals surface area contributed by atoms with Crippen molar-refractivity contribution in [3.8, 4) is 6.07 Å². The van der Waals surface area contributed by atoms with E-state index in [9.17, 15) is 18.5 Å². The Kier molecular flexibility index (Phi) is 6.35. The molecule has 0 saturated carbocycles. The van der Waals surface area contributed by atoms with Crippen LogP contribution in [0.15, 0.2) is 53.7 Å². The number of para-hydroxylation sites is 1. The van der Waals surface area contributed by atoms with Gasteiger partial charge in [-0.3, -0.25) is 4.79 Å². The van der Waals surface area contributed by atoms with Crippen molar-refractivity contribution in [3.05, 3.63) is 54.5 Å². The largest absolute Gasteiger partial charge is 0.360 e. The van der Waals surface area contributed by atoms with Gasteiger partial charge in [0.1, 0.15) is 22.7 Å². The van der Waals surface area contributed by atoms with Crippen molar-refractivity contribution in [2.75, 3.05) is 13.1 Å². The van der Waals surface area contributed by atoms with E-state index in [1.54, 1.807) is 46.0 Å². The van der Waals surface area contributed by atoms with Gasteiger partial charge in [0.05, 0.1) is 0 Å². The number of sulfonamides is 1. The summed E-state index contributed by atoms with van der Waals surface area (Å²) in [5.41, 5.74) is 1.19. The second kappa shape index (κ2) is 9.18. The van der Waals surface area contributed by atoms with Crippen LogP contribution in [0.3, 0.4) is 0 Å². The van der Waals surface area contributed by atoms with Crippen LogP contribution in [0, 0.1) is 17.2 Å². The first kappa shape index (κ1) is 22.1. The topological polar surface area (TPSA) is 111 Å². The van der Waals surface area contributed by atoms with Crippen LogP contribution in [0.2, 0.25) is 0 Å². The first-order valence-corrected chi connectivity index (χ1v) is 12.3. The Morgan fingerprint density at radius 1 is 1.25 bits per heavy atom. The van der Waals surface area contributed by atoms with E-state index in [0.717, 1.165) is 12.8 Å². The predicted octanol–water partition coefficient (Wildman–Crippen LogP) is 2.84. The zero-order chi connectivity index (χ0) is 22.7. The number of likely N-dealkylation sites (tertiary alicyclic amines) is 1. The standard InChI is InChI=1S/C23H27N5O3S/c1-17-8-12-28(13-9-17)23(29)21(10-14-27-11-4-5-18(27)15-24)26-32(30,31)22-16-25-20-7-3-2-6-19(20)22/h2-7,11,16-17,21,25-26H,8-10,12-14H2,1H3. The number of amides is 1. The molecule has 3 heterocycles. The van der Waals surface area contributed by atoms with E-state index in [1.807, 2.05) is 6.07 Å². The highest BCUT2D eigenvalue weighted by molar-refractivity contribution is 7.89. The molecule has 1 saturated heterocycles. The lowest BCUT2D eigenvalue weighted by molar-refractivity contribution is -0.134. The number of fused-ring (bicyclic) bond motifs is 1. The lowest BCUT2D eigenvalue weighted by Crippen LogP contribution is -2.50. The SMILES string of the molecule is CC1CCN(C(=O)C(CCn2cccc2C#N)NS(=O)(=O)c2c[nH]c3ccccc23)CC1. The molecule has 2 N–H and O–H groups in total.